The van der Waals surface area contributed by atoms with E-state index in [0.29, 0.717) is 19.6 Å². The van der Waals surface area contributed by atoms with Crippen LogP contribution in [0.5, 0.6) is 0 Å². The van der Waals surface area contributed by atoms with Gasteiger partial charge in [-0.15, -0.1) is 0 Å². The average Bonchev–Trinajstić information content (AvgIpc) is 2.87. The van der Waals surface area contributed by atoms with Crippen molar-refractivity contribution in [1.29, 1.82) is 0 Å². The Morgan fingerprint density at radius 2 is 1.87 bits per heavy atom. The number of amides is 5. The van der Waals surface area contributed by atoms with Crippen molar-refractivity contribution >= 4 is 29.7 Å². The zero-order valence-corrected chi connectivity index (χ0v) is 18.5. The third-order valence-corrected chi connectivity index (χ3v) is 5.82. The van der Waals surface area contributed by atoms with Crippen LogP contribution in [-0.2, 0) is 23.9 Å². The Bertz CT molecular complexity index is 768. The molecule has 1 atom stereocenters. The van der Waals surface area contributed by atoms with Gasteiger partial charge in [0.1, 0.15) is 11.6 Å². The predicted octanol–water partition coefficient (Wildman–Crippen LogP) is 0.548. The minimum absolute atomic E-state index is 0.125. The van der Waals surface area contributed by atoms with Gasteiger partial charge >= 0.3 is 6.09 Å². The molecule has 0 aliphatic carbocycles. The quantitative estimate of drug-likeness (QED) is 0.441. The SMILES string of the molecule is CC(C)(C)OC(=O)NCCCCCN1CC2(CC(=O)N(C3CCC(=O)NC3=O)C2=O)C1. The van der Waals surface area contributed by atoms with Gasteiger partial charge in [-0.25, -0.2) is 4.79 Å². The number of nitrogens with one attached hydrogen (secondary N) is 2. The maximum absolute atomic E-state index is 12.9. The normalized spacial score (nSPS) is 23.7. The summed E-state index contributed by atoms with van der Waals surface area (Å²) in [7, 11) is 0. The Hall–Kier alpha value is -2.49. The van der Waals surface area contributed by atoms with E-state index in [1.807, 2.05) is 20.8 Å². The highest BCUT2D eigenvalue weighted by atomic mass is 16.6. The van der Waals surface area contributed by atoms with E-state index in [4.69, 9.17) is 4.74 Å². The van der Waals surface area contributed by atoms with Gasteiger partial charge in [-0.1, -0.05) is 6.42 Å². The van der Waals surface area contributed by atoms with Crippen molar-refractivity contribution in [2.75, 3.05) is 26.2 Å². The number of nitrogens with zero attached hydrogens (tertiary/aromatic N) is 2. The lowest BCUT2D eigenvalue weighted by atomic mass is 9.78. The molecule has 0 aromatic rings. The van der Waals surface area contributed by atoms with Crippen LogP contribution in [0.4, 0.5) is 4.79 Å². The molecule has 31 heavy (non-hydrogen) atoms. The van der Waals surface area contributed by atoms with Crippen molar-refractivity contribution in [3.05, 3.63) is 0 Å². The third kappa shape index (κ3) is 5.41. The smallest absolute Gasteiger partial charge is 0.407 e. The summed E-state index contributed by atoms with van der Waals surface area (Å²) in [5.74, 6) is -1.55. The van der Waals surface area contributed by atoms with E-state index in [-0.39, 0.29) is 37.0 Å². The van der Waals surface area contributed by atoms with Crippen LogP contribution in [0.2, 0.25) is 0 Å². The molecule has 3 rings (SSSR count). The number of imide groups is 2. The second-order valence-electron chi connectivity index (χ2n) is 9.69. The number of alkyl carbamates (subject to hydrolysis) is 1. The Morgan fingerprint density at radius 1 is 1.16 bits per heavy atom. The van der Waals surface area contributed by atoms with Crippen LogP contribution in [0.15, 0.2) is 0 Å². The summed E-state index contributed by atoms with van der Waals surface area (Å²) in [6.07, 6.45) is 2.72. The number of hydrogen-bond acceptors (Lipinski definition) is 7. The minimum atomic E-state index is -0.872. The first-order valence-electron chi connectivity index (χ1n) is 10.9. The Labute approximate surface area is 182 Å². The zero-order valence-electron chi connectivity index (χ0n) is 18.5. The van der Waals surface area contributed by atoms with Gasteiger partial charge in [0.05, 0.1) is 5.41 Å². The number of carbonyl (C=O) groups excluding carboxylic acids is 5. The van der Waals surface area contributed by atoms with Gasteiger partial charge in [0.15, 0.2) is 0 Å². The number of unbranched alkanes of at least 4 members (excludes halogenated alkanes) is 2. The first kappa shape index (κ1) is 23.2. The molecule has 3 aliphatic rings. The molecule has 0 aromatic heterocycles. The molecule has 1 unspecified atom stereocenters. The molecule has 10 nitrogen and oxygen atoms in total. The largest absolute Gasteiger partial charge is 0.444 e. The van der Waals surface area contributed by atoms with E-state index in [9.17, 15) is 24.0 Å². The van der Waals surface area contributed by atoms with Crippen LogP contribution in [0.25, 0.3) is 0 Å². The molecule has 0 saturated carbocycles. The molecular formula is C21H32N4O6. The maximum Gasteiger partial charge on any atom is 0.407 e. The molecule has 0 radical (unpaired) electrons. The highest BCUT2D eigenvalue weighted by molar-refractivity contribution is 6.11. The van der Waals surface area contributed by atoms with Crippen LogP contribution in [0, 0.1) is 5.41 Å². The molecule has 2 N–H and O–H groups in total. The Balaban J connectivity index is 1.35. The standard InChI is InChI=1S/C21H32N4O6/c1-20(2,3)31-19(30)22-9-5-4-6-10-24-12-21(13-24)11-16(27)25(18(21)29)14-7-8-15(26)23-17(14)28/h14H,4-13H2,1-3H3,(H,22,30)(H,23,26,28). The number of likely N-dealkylation sites (tertiary alicyclic amines) is 2. The predicted molar refractivity (Wildman–Crippen MR) is 110 cm³/mol. The molecule has 3 heterocycles. The summed E-state index contributed by atoms with van der Waals surface area (Å²) in [4.78, 5) is 63.6. The van der Waals surface area contributed by atoms with Crippen molar-refractivity contribution in [2.24, 2.45) is 5.41 Å². The summed E-state index contributed by atoms with van der Waals surface area (Å²) in [6.45, 7) is 7.84. The van der Waals surface area contributed by atoms with Crippen molar-refractivity contribution in [1.82, 2.24) is 20.4 Å². The van der Waals surface area contributed by atoms with Crippen molar-refractivity contribution in [2.45, 2.75) is 70.9 Å². The van der Waals surface area contributed by atoms with Crippen LogP contribution in [0.1, 0.15) is 59.3 Å². The van der Waals surface area contributed by atoms with Crippen molar-refractivity contribution in [3.63, 3.8) is 0 Å². The van der Waals surface area contributed by atoms with Crippen LogP contribution < -0.4 is 10.6 Å². The Morgan fingerprint density at radius 3 is 2.52 bits per heavy atom. The van der Waals surface area contributed by atoms with E-state index in [1.54, 1.807) is 0 Å². The molecule has 3 saturated heterocycles. The van der Waals surface area contributed by atoms with Crippen molar-refractivity contribution in [3.8, 4) is 0 Å². The minimum Gasteiger partial charge on any atom is -0.444 e. The van der Waals surface area contributed by atoms with Gasteiger partial charge in [-0.05, 0) is 46.6 Å². The second-order valence-corrected chi connectivity index (χ2v) is 9.69. The van der Waals surface area contributed by atoms with Crippen LogP contribution in [0.3, 0.4) is 0 Å². The summed E-state index contributed by atoms with van der Waals surface area (Å²) >= 11 is 0. The first-order chi connectivity index (χ1) is 14.5. The average molecular weight is 437 g/mol. The fourth-order valence-corrected chi connectivity index (χ4v) is 4.42. The monoisotopic (exact) mass is 436 g/mol. The lowest BCUT2D eigenvalue weighted by Crippen LogP contribution is -2.62. The molecular weight excluding hydrogens is 404 g/mol. The van der Waals surface area contributed by atoms with E-state index < -0.39 is 29.1 Å². The number of ether oxygens (including phenoxy) is 1. The molecule has 5 amide bonds. The topological polar surface area (TPSA) is 125 Å². The van der Waals surface area contributed by atoms with E-state index in [2.05, 4.69) is 15.5 Å². The van der Waals surface area contributed by atoms with Gasteiger partial charge in [-0.3, -0.25) is 29.4 Å². The lowest BCUT2D eigenvalue weighted by molar-refractivity contribution is -0.155. The fraction of sp³-hybridized carbons (Fsp3) is 0.762. The first-order valence-corrected chi connectivity index (χ1v) is 10.9. The second kappa shape index (κ2) is 8.94. The summed E-state index contributed by atoms with van der Waals surface area (Å²) in [5.41, 5.74) is -1.23. The molecule has 0 aromatic carbocycles. The van der Waals surface area contributed by atoms with Gasteiger partial charge in [0, 0.05) is 32.5 Å². The van der Waals surface area contributed by atoms with Gasteiger partial charge in [0.25, 0.3) is 0 Å². The fourth-order valence-electron chi connectivity index (χ4n) is 4.42. The van der Waals surface area contributed by atoms with Gasteiger partial charge in [-0.2, -0.15) is 0 Å². The van der Waals surface area contributed by atoms with Crippen LogP contribution >= 0.6 is 0 Å². The van der Waals surface area contributed by atoms with E-state index >= 15 is 0 Å². The summed E-state index contributed by atoms with van der Waals surface area (Å²) in [5, 5.41) is 4.95. The molecule has 10 heteroatoms. The highest BCUT2D eigenvalue weighted by Gasteiger charge is 2.60. The Kier molecular flexibility index (Phi) is 6.68. The lowest BCUT2D eigenvalue weighted by Gasteiger charge is -2.46. The molecule has 0 bridgehead atoms. The number of piperidine rings is 1. The van der Waals surface area contributed by atoms with Crippen LogP contribution in [-0.4, -0.2) is 77.3 Å². The maximum atomic E-state index is 12.9. The highest BCUT2D eigenvalue weighted by Crippen LogP contribution is 2.42. The summed E-state index contributed by atoms with van der Waals surface area (Å²) in [6, 6.07) is -0.872. The zero-order chi connectivity index (χ0) is 22.8. The van der Waals surface area contributed by atoms with Crippen molar-refractivity contribution < 1.29 is 28.7 Å². The number of hydrogen-bond donors (Lipinski definition) is 2. The summed E-state index contributed by atoms with van der Waals surface area (Å²) < 4.78 is 5.18. The number of rotatable bonds is 7. The van der Waals surface area contributed by atoms with E-state index in [1.165, 1.54) is 0 Å². The van der Waals surface area contributed by atoms with E-state index in [0.717, 1.165) is 30.7 Å². The van der Waals surface area contributed by atoms with Gasteiger partial charge < -0.3 is 15.0 Å². The molecule has 172 valence electrons. The molecule has 1 spiro atoms. The third-order valence-electron chi connectivity index (χ3n) is 5.82. The van der Waals surface area contributed by atoms with Gasteiger partial charge in [0.2, 0.25) is 23.6 Å². The molecule has 3 fully saturated rings. The molecule has 3 aliphatic heterocycles. The number of carbonyl (C=O) groups is 5.